The van der Waals surface area contributed by atoms with Gasteiger partial charge in [0.2, 0.25) is 0 Å². The van der Waals surface area contributed by atoms with E-state index in [2.05, 4.69) is 20.4 Å². The van der Waals surface area contributed by atoms with E-state index in [9.17, 15) is 5.11 Å². The maximum Gasteiger partial charge on any atom is 0.273 e. The number of halogens is 1. The highest BCUT2D eigenvalue weighted by molar-refractivity contribution is 6.30. The summed E-state index contributed by atoms with van der Waals surface area (Å²) in [5, 5.41) is 27.3. The molecule has 0 radical (unpaired) electrons. The molecule has 0 bridgehead atoms. The van der Waals surface area contributed by atoms with Crippen LogP contribution in [-0.2, 0) is 0 Å². The zero-order chi connectivity index (χ0) is 16.6. The van der Waals surface area contributed by atoms with Gasteiger partial charge in [-0.25, -0.2) is 4.68 Å². The summed E-state index contributed by atoms with van der Waals surface area (Å²) in [4.78, 5) is 0. The lowest BCUT2D eigenvalue weighted by Gasteiger charge is -2.04. The minimum atomic E-state index is 0.0940. The van der Waals surface area contributed by atoms with E-state index in [0.717, 1.165) is 11.4 Å². The van der Waals surface area contributed by atoms with Gasteiger partial charge in [0.05, 0.1) is 11.9 Å². The lowest BCUT2D eigenvalue weighted by molar-refractivity contribution is 0.474. The van der Waals surface area contributed by atoms with Crippen molar-refractivity contribution in [1.82, 2.24) is 24.7 Å². The molecule has 23 heavy (non-hydrogen) atoms. The van der Waals surface area contributed by atoms with Crippen LogP contribution in [0.5, 0.6) is 5.75 Å². The van der Waals surface area contributed by atoms with Crippen LogP contribution in [0.4, 0.5) is 0 Å². The number of phenolic OH excluding ortho intramolecular Hbond substituents is 1. The molecule has 0 spiro atoms. The lowest BCUT2D eigenvalue weighted by atomic mass is 10.2. The van der Waals surface area contributed by atoms with Gasteiger partial charge in [-0.05, 0) is 45.0 Å². The third-order valence-electron chi connectivity index (χ3n) is 3.28. The van der Waals surface area contributed by atoms with Gasteiger partial charge >= 0.3 is 0 Å². The van der Waals surface area contributed by atoms with Crippen LogP contribution < -0.4 is 0 Å². The van der Waals surface area contributed by atoms with Crippen LogP contribution in [0.1, 0.15) is 22.8 Å². The summed E-state index contributed by atoms with van der Waals surface area (Å²) in [6.07, 6.45) is 1.51. The topological polar surface area (TPSA) is 81.1 Å². The molecule has 3 rings (SSSR count). The average Bonchev–Trinajstić information content (AvgIpc) is 3.02. The summed E-state index contributed by atoms with van der Waals surface area (Å²) in [5.41, 5.74) is 2.31. The van der Waals surface area contributed by atoms with Crippen molar-refractivity contribution in [2.45, 2.75) is 20.8 Å². The number of nitrogens with zero attached hydrogens (tertiary/aromatic N) is 6. The molecule has 0 amide bonds. The molecule has 118 valence electrons. The molecule has 2 aromatic heterocycles. The van der Waals surface area contributed by atoms with Crippen molar-refractivity contribution < 1.29 is 5.11 Å². The van der Waals surface area contributed by atoms with E-state index in [1.165, 1.54) is 12.3 Å². The number of aryl methyl sites for hydroxylation is 3. The zero-order valence-corrected chi connectivity index (χ0v) is 13.7. The molecule has 2 heterocycles. The van der Waals surface area contributed by atoms with Gasteiger partial charge in [0, 0.05) is 16.3 Å². The predicted molar refractivity (Wildman–Crippen MR) is 87.5 cm³/mol. The summed E-state index contributed by atoms with van der Waals surface area (Å²) >= 11 is 5.94. The molecule has 7 nitrogen and oxygen atoms in total. The molecule has 0 atom stereocenters. The van der Waals surface area contributed by atoms with Crippen LogP contribution in [0.15, 0.2) is 29.4 Å². The Bertz CT molecular complexity index is 896. The van der Waals surface area contributed by atoms with Crippen molar-refractivity contribution in [2.24, 2.45) is 5.10 Å². The second-order valence-corrected chi connectivity index (χ2v) is 5.58. The normalized spacial score (nSPS) is 11.5. The zero-order valence-electron chi connectivity index (χ0n) is 12.9. The first-order chi connectivity index (χ1) is 11.0. The Morgan fingerprint density at radius 1 is 1.17 bits per heavy atom. The fourth-order valence-corrected chi connectivity index (χ4v) is 2.37. The Kier molecular flexibility index (Phi) is 3.87. The summed E-state index contributed by atoms with van der Waals surface area (Å²) < 4.78 is 3.23. The van der Waals surface area contributed by atoms with Gasteiger partial charge < -0.3 is 5.11 Å². The standard InChI is InChI=1S/C15H15ClN6O/c1-9-6-10(2)21(20-9)15-19-18-11(3)22(15)17-8-12-7-13(16)4-5-14(12)23/h4-8,23H,1-3H3/b17-8+. The first kappa shape index (κ1) is 15.2. The summed E-state index contributed by atoms with van der Waals surface area (Å²) in [6, 6.07) is 6.70. The monoisotopic (exact) mass is 330 g/mol. The van der Waals surface area contributed by atoms with E-state index in [1.807, 2.05) is 19.9 Å². The van der Waals surface area contributed by atoms with Gasteiger partial charge in [-0.15, -0.1) is 10.2 Å². The third-order valence-corrected chi connectivity index (χ3v) is 3.52. The van der Waals surface area contributed by atoms with Crippen LogP contribution in [0, 0.1) is 20.8 Å². The van der Waals surface area contributed by atoms with E-state index in [0.29, 0.717) is 22.4 Å². The quantitative estimate of drug-likeness (QED) is 0.748. The van der Waals surface area contributed by atoms with Crippen molar-refractivity contribution >= 4 is 17.8 Å². The number of phenols is 1. The molecule has 0 saturated carbocycles. The highest BCUT2D eigenvalue weighted by Gasteiger charge is 2.13. The number of aromatic hydroxyl groups is 1. The van der Waals surface area contributed by atoms with Gasteiger partial charge in [-0.1, -0.05) is 11.6 Å². The Morgan fingerprint density at radius 3 is 2.65 bits per heavy atom. The molecule has 8 heteroatoms. The number of rotatable bonds is 3. The van der Waals surface area contributed by atoms with Crippen molar-refractivity contribution in [2.75, 3.05) is 0 Å². The van der Waals surface area contributed by atoms with E-state index in [4.69, 9.17) is 11.6 Å². The number of aromatic nitrogens is 5. The second kappa shape index (κ2) is 5.85. The van der Waals surface area contributed by atoms with Gasteiger partial charge in [0.1, 0.15) is 5.75 Å². The summed E-state index contributed by atoms with van der Waals surface area (Å²) in [7, 11) is 0. The van der Waals surface area contributed by atoms with Gasteiger partial charge in [-0.2, -0.15) is 14.9 Å². The predicted octanol–water partition coefficient (Wildman–Crippen LogP) is 2.63. The number of benzene rings is 1. The SMILES string of the molecule is Cc1cc(C)n(-c2nnc(C)n2/N=C/c2cc(Cl)ccc2O)n1. The Morgan fingerprint density at radius 2 is 1.96 bits per heavy atom. The lowest BCUT2D eigenvalue weighted by Crippen LogP contribution is -2.08. The van der Waals surface area contributed by atoms with Crippen LogP contribution in [-0.4, -0.2) is 36.0 Å². The maximum absolute atomic E-state index is 9.86. The van der Waals surface area contributed by atoms with Gasteiger partial charge in [0.15, 0.2) is 5.82 Å². The van der Waals surface area contributed by atoms with Gasteiger partial charge in [-0.3, -0.25) is 0 Å². The molecular formula is C15H15ClN6O. The Hall–Kier alpha value is -2.67. The summed E-state index contributed by atoms with van der Waals surface area (Å²) in [5.74, 6) is 1.17. The Balaban J connectivity index is 2.04. The molecule has 0 unspecified atom stereocenters. The number of hydrogen-bond acceptors (Lipinski definition) is 5. The van der Waals surface area contributed by atoms with Crippen LogP contribution in [0.25, 0.3) is 5.95 Å². The van der Waals surface area contributed by atoms with E-state index >= 15 is 0 Å². The maximum atomic E-state index is 9.86. The molecule has 0 aliphatic rings. The molecule has 0 aliphatic carbocycles. The number of hydrogen-bond donors (Lipinski definition) is 1. The molecular weight excluding hydrogens is 316 g/mol. The highest BCUT2D eigenvalue weighted by atomic mass is 35.5. The fraction of sp³-hybridized carbons (Fsp3) is 0.200. The van der Waals surface area contributed by atoms with Crippen molar-refractivity contribution in [3.05, 3.63) is 52.1 Å². The smallest absolute Gasteiger partial charge is 0.273 e. The van der Waals surface area contributed by atoms with Crippen molar-refractivity contribution in [1.29, 1.82) is 0 Å². The fourth-order valence-electron chi connectivity index (χ4n) is 2.19. The third kappa shape index (κ3) is 2.95. The van der Waals surface area contributed by atoms with E-state index in [-0.39, 0.29) is 5.75 Å². The average molecular weight is 331 g/mol. The largest absolute Gasteiger partial charge is 0.507 e. The van der Waals surface area contributed by atoms with Crippen LogP contribution >= 0.6 is 11.6 Å². The minimum absolute atomic E-state index is 0.0940. The molecule has 1 N–H and O–H groups in total. The molecule has 0 aliphatic heterocycles. The van der Waals surface area contributed by atoms with Crippen molar-refractivity contribution in [3.8, 4) is 11.7 Å². The van der Waals surface area contributed by atoms with E-state index < -0.39 is 0 Å². The molecule has 0 saturated heterocycles. The van der Waals surface area contributed by atoms with Crippen molar-refractivity contribution in [3.63, 3.8) is 0 Å². The first-order valence-corrected chi connectivity index (χ1v) is 7.32. The molecule has 3 aromatic rings. The second-order valence-electron chi connectivity index (χ2n) is 5.15. The van der Waals surface area contributed by atoms with Crippen LogP contribution in [0.3, 0.4) is 0 Å². The van der Waals surface area contributed by atoms with Crippen LogP contribution in [0.2, 0.25) is 5.02 Å². The Labute approximate surface area is 137 Å². The molecule has 0 fully saturated rings. The molecule has 1 aromatic carbocycles. The minimum Gasteiger partial charge on any atom is -0.507 e. The first-order valence-electron chi connectivity index (χ1n) is 6.94. The van der Waals surface area contributed by atoms with Gasteiger partial charge in [0.25, 0.3) is 5.95 Å². The highest BCUT2D eigenvalue weighted by Crippen LogP contribution is 2.20. The summed E-state index contributed by atoms with van der Waals surface area (Å²) in [6.45, 7) is 5.63. The van der Waals surface area contributed by atoms with E-state index in [1.54, 1.807) is 28.4 Å².